The molecule has 0 saturated heterocycles. The summed E-state index contributed by atoms with van der Waals surface area (Å²) in [5.74, 6) is 0.494. The molecule has 2 aromatic rings. The van der Waals surface area contributed by atoms with E-state index in [2.05, 4.69) is 9.98 Å². The summed E-state index contributed by atoms with van der Waals surface area (Å²) in [6.07, 6.45) is 1.58. The van der Waals surface area contributed by atoms with Crippen LogP contribution in [0.25, 0.3) is 10.8 Å². The number of alkyl halides is 1. The average molecular weight is 236 g/mol. The molecule has 0 radical (unpaired) electrons. The number of aromatic amines is 1. The maximum atomic E-state index is 11.5. The molecule has 3 N–H and O–H groups in total. The van der Waals surface area contributed by atoms with Gasteiger partial charge in [0.25, 0.3) is 5.56 Å². The third-order valence-electron chi connectivity index (χ3n) is 2.19. The number of nitrogens with one attached hydrogen (secondary N) is 1. The van der Waals surface area contributed by atoms with Crippen molar-refractivity contribution in [2.24, 2.45) is 10.7 Å². The van der Waals surface area contributed by atoms with E-state index in [0.29, 0.717) is 16.9 Å². The molecule has 82 valence electrons. The van der Waals surface area contributed by atoms with Crippen LogP contribution in [-0.2, 0) is 0 Å². The lowest BCUT2D eigenvalue weighted by Gasteiger charge is -2.01. The Kier molecular flexibility index (Phi) is 2.92. The summed E-state index contributed by atoms with van der Waals surface area (Å²) in [4.78, 5) is 18.3. The zero-order chi connectivity index (χ0) is 11.5. The fourth-order valence-electron chi connectivity index (χ4n) is 1.49. The summed E-state index contributed by atoms with van der Waals surface area (Å²) in [6.45, 7) is 0. The van der Waals surface area contributed by atoms with Gasteiger partial charge in [-0.1, -0.05) is 6.07 Å². The number of aliphatic imine (C=N–C) groups is 1. The molecule has 4 nitrogen and oxygen atoms in total. The SMILES string of the molecule is NC(CCl)=Nc1cccc2c(=O)[nH]ccc12. The molecule has 0 aliphatic carbocycles. The first kappa shape index (κ1) is 10.7. The Balaban J connectivity index is 2.72. The number of hydrogen-bond donors (Lipinski definition) is 2. The minimum absolute atomic E-state index is 0.140. The summed E-state index contributed by atoms with van der Waals surface area (Å²) in [7, 11) is 0. The third-order valence-corrected chi connectivity index (χ3v) is 2.47. The first-order chi connectivity index (χ1) is 7.72. The quantitative estimate of drug-likeness (QED) is 0.473. The largest absolute Gasteiger partial charge is 0.386 e. The van der Waals surface area contributed by atoms with Crippen LogP contribution in [0.3, 0.4) is 0 Å². The molecule has 0 bridgehead atoms. The van der Waals surface area contributed by atoms with Gasteiger partial charge in [-0.05, 0) is 18.2 Å². The van der Waals surface area contributed by atoms with E-state index in [1.54, 1.807) is 30.5 Å². The van der Waals surface area contributed by atoms with Crippen LogP contribution in [0.5, 0.6) is 0 Å². The van der Waals surface area contributed by atoms with Crippen LogP contribution in [0.1, 0.15) is 0 Å². The molecule has 0 unspecified atom stereocenters. The van der Waals surface area contributed by atoms with E-state index in [1.165, 1.54) is 0 Å². The number of benzene rings is 1. The van der Waals surface area contributed by atoms with E-state index in [1.807, 2.05) is 0 Å². The van der Waals surface area contributed by atoms with Crippen LogP contribution >= 0.6 is 11.6 Å². The second-order valence-corrected chi connectivity index (χ2v) is 3.55. The zero-order valence-corrected chi connectivity index (χ0v) is 9.16. The second-order valence-electron chi connectivity index (χ2n) is 3.28. The van der Waals surface area contributed by atoms with Crippen LogP contribution in [-0.4, -0.2) is 16.7 Å². The van der Waals surface area contributed by atoms with Gasteiger partial charge in [-0.3, -0.25) is 4.79 Å². The number of rotatable bonds is 2. The van der Waals surface area contributed by atoms with Gasteiger partial charge in [0.05, 0.1) is 11.6 Å². The maximum absolute atomic E-state index is 11.5. The minimum atomic E-state index is -0.140. The number of nitrogens with two attached hydrogens (primary N) is 1. The van der Waals surface area contributed by atoms with Gasteiger partial charge in [-0.15, -0.1) is 11.6 Å². The van der Waals surface area contributed by atoms with E-state index in [-0.39, 0.29) is 11.4 Å². The number of pyridine rings is 1. The molecule has 0 atom stereocenters. The molecular weight excluding hydrogens is 226 g/mol. The number of nitrogens with zero attached hydrogens (tertiary/aromatic N) is 1. The highest BCUT2D eigenvalue weighted by Gasteiger charge is 2.02. The molecule has 1 aromatic heterocycles. The van der Waals surface area contributed by atoms with Gasteiger partial charge in [-0.25, -0.2) is 4.99 Å². The fraction of sp³-hybridized carbons (Fsp3) is 0.0909. The lowest BCUT2D eigenvalue weighted by molar-refractivity contribution is 1.27. The van der Waals surface area contributed by atoms with Crippen molar-refractivity contribution in [1.82, 2.24) is 4.98 Å². The average Bonchev–Trinajstić information content (AvgIpc) is 2.30. The smallest absolute Gasteiger partial charge is 0.255 e. The first-order valence-electron chi connectivity index (χ1n) is 4.72. The number of hydrogen-bond acceptors (Lipinski definition) is 2. The van der Waals surface area contributed by atoms with E-state index >= 15 is 0 Å². The van der Waals surface area contributed by atoms with Crippen LogP contribution < -0.4 is 11.3 Å². The molecule has 1 heterocycles. The highest BCUT2D eigenvalue weighted by atomic mass is 35.5. The van der Waals surface area contributed by atoms with E-state index in [9.17, 15) is 4.79 Å². The van der Waals surface area contributed by atoms with Gasteiger partial charge in [0.15, 0.2) is 0 Å². The van der Waals surface area contributed by atoms with Crippen molar-refractivity contribution in [2.75, 3.05) is 5.88 Å². The van der Waals surface area contributed by atoms with Crippen LogP contribution in [0, 0.1) is 0 Å². The summed E-state index contributed by atoms with van der Waals surface area (Å²) in [5.41, 5.74) is 6.08. The Morgan fingerprint density at radius 3 is 2.94 bits per heavy atom. The standard InChI is InChI=1S/C11H10ClN3O/c12-6-10(13)15-9-3-1-2-8-7(9)4-5-14-11(8)16/h1-5H,6H2,(H2,13,15)(H,14,16). The Morgan fingerprint density at radius 1 is 1.38 bits per heavy atom. The number of amidine groups is 1. The topological polar surface area (TPSA) is 71.2 Å². The Morgan fingerprint density at radius 2 is 2.19 bits per heavy atom. The molecular formula is C11H10ClN3O. The fourth-order valence-corrected chi connectivity index (χ4v) is 1.55. The van der Waals surface area contributed by atoms with Gasteiger partial charge in [0, 0.05) is 17.0 Å². The van der Waals surface area contributed by atoms with Gasteiger partial charge < -0.3 is 10.7 Å². The molecule has 0 aliphatic rings. The van der Waals surface area contributed by atoms with Crippen LogP contribution in [0.4, 0.5) is 5.69 Å². The predicted molar refractivity (Wildman–Crippen MR) is 66.6 cm³/mol. The van der Waals surface area contributed by atoms with Gasteiger partial charge in [0.2, 0.25) is 0 Å². The van der Waals surface area contributed by atoms with Crippen molar-refractivity contribution >= 4 is 33.9 Å². The summed E-state index contributed by atoms with van der Waals surface area (Å²) < 4.78 is 0. The molecule has 1 aromatic carbocycles. The van der Waals surface area contributed by atoms with Crippen LogP contribution in [0.2, 0.25) is 0 Å². The molecule has 0 amide bonds. The van der Waals surface area contributed by atoms with Crippen LogP contribution in [0.15, 0.2) is 40.2 Å². The Labute approximate surface area is 96.8 Å². The van der Waals surface area contributed by atoms with E-state index in [0.717, 1.165) is 5.39 Å². The number of H-pyrrole nitrogens is 1. The number of fused-ring (bicyclic) bond motifs is 1. The normalized spacial score (nSPS) is 11.9. The van der Waals surface area contributed by atoms with Gasteiger partial charge in [-0.2, -0.15) is 0 Å². The molecule has 2 rings (SSSR count). The third kappa shape index (κ3) is 1.92. The predicted octanol–water partition coefficient (Wildman–Crippen LogP) is 1.76. The van der Waals surface area contributed by atoms with Crippen molar-refractivity contribution in [3.8, 4) is 0 Å². The summed E-state index contributed by atoms with van der Waals surface area (Å²) >= 11 is 5.56. The lowest BCUT2D eigenvalue weighted by Crippen LogP contribution is -2.12. The monoisotopic (exact) mass is 235 g/mol. The van der Waals surface area contributed by atoms with E-state index < -0.39 is 0 Å². The van der Waals surface area contributed by atoms with Gasteiger partial charge in [0.1, 0.15) is 5.84 Å². The van der Waals surface area contributed by atoms with Crippen molar-refractivity contribution in [3.05, 3.63) is 40.8 Å². The first-order valence-corrected chi connectivity index (χ1v) is 5.25. The Hall–Kier alpha value is -1.81. The lowest BCUT2D eigenvalue weighted by atomic mass is 10.1. The van der Waals surface area contributed by atoms with Crippen molar-refractivity contribution in [2.45, 2.75) is 0 Å². The maximum Gasteiger partial charge on any atom is 0.255 e. The highest BCUT2D eigenvalue weighted by Crippen LogP contribution is 2.22. The van der Waals surface area contributed by atoms with Crippen molar-refractivity contribution < 1.29 is 0 Å². The zero-order valence-electron chi connectivity index (χ0n) is 8.40. The molecule has 0 aliphatic heterocycles. The molecule has 0 saturated carbocycles. The second kappa shape index (κ2) is 4.37. The van der Waals surface area contributed by atoms with Crippen molar-refractivity contribution in [3.63, 3.8) is 0 Å². The summed E-state index contributed by atoms with van der Waals surface area (Å²) in [5, 5.41) is 1.35. The number of aromatic nitrogens is 1. The highest BCUT2D eigenvalue weighted by molar-refractivity contribution is 6.28. The molecule has 5 heteroatoms. The summed E-state index contributed by atoms with van der Waals surface area (Å²) in [6, 6.07) is 7.08. The van der Waals surface area contributed by atoms with Gasteiger partial charge >= 0.3 is 0 Å². The molecule has 0 fully saturated rings. The minimum Gasteiger partial charge on any atom is -0.386 e. The Bertz CT molecular complexity index is 603. The van der Waals surface area contributed by atoms with Crippen molar-refractivity contribution in [1.29, 1.82) is 0 Å². The molecule has 0 spiro atoms. The molecule has 16 heavy (non-hydrogen) atoms. The van der Waals surface area contributed by atoms with E-state index in [4.69, 9.17) is 17.3 Å². The number of halogens is 1.